The van der Waals surface area contributed by atoms with Gasteiger partial charge in [-0.15, -0.1) is 0 Å². The summed E-state index contributed by atoms with van der Waals surface area (Å²) < 4.78 is 17.0. The molecule has 0 saturated carbocycles. The Balaban J connectivity index is 1.88. The van der Waals surface area contributed by atoms with Gasteiger partial charge in [0, 0.05) is 14.1 Å². The number of carbonyl (C=O) groups is 1. The van der Waals surface area contributed by atoms with Gasteiger partial charge in [0.1, 0.15) is 42.8 Å². The van der Waals surface area contributed by atoms with Gasteiger partial charge < -0.3 is 29.3 Å². The molecule has 0 radical (unpaired) electrons. The molecular formula is C19H24N6O6. The predicted molar refractivity (Wildman–Crippen MR) is 107 cm³/mol. The lowest BCUT2D eigenvalue weighted by Gasteiger charge is -2.23. The molecule has 0 amide bonds. The summed E-state index contributed by atoms with van der Waals surface area (Å²) in [7, 11) is 3.63. The second-order valence-electron chi connectivity index (χ2n) is 7.53. The van der Waals surface area contributed by atoms with Crippen LogP contribution in [0.4, 0.5) is 10.6 Å². The molecular weight excluding hydrogens is 408 g/mol. The summed E-state index contributed by atoms with van der Waals surface area (Å²) in [4.78, 5) is 21.9. The van der Waals surface area contributed by atoms with E-state index in [9.17, 15) is 20.3 Å². The Kier molecular flexibility index (Phi) is 6.40. The normalized spacial score (nSPS) is 25.8. The maximum Gasteiger partial charge on any atom is 0.508 e. The maximum absolute atomic E-state index is 11.7. The van der Waals surface area contributed by atoms with E-state index < -0.39 is 42.8 Å². The van der Waals surface area contributed by atoms with Crippen LogP contribution in [0.3, 0.4) is 0 Å². The molecule has 31 heavy (non-hydrogen) atoms. The van der Waals surface area contributed by atoms with Crippen LogP contribution in [0.2, 0.25) is 0 Å². The van der Waals surface area contributed by atoms with Crippen molar-refractivity contribution in [2.24, 2.45) is 4.99 Å². The Bertz CT molecular complexity index is 1010. The second-order valence-corrected chi connectivity index (χ2v) is 7.53. The van der Waals surface area contributed by atoms with Gasteiger partial charge in [0.05, 0.1) is 18.1 Å². The molecule has 0 aliphatic carbocycles. The number of aliphatic hydroxyl groups is 2. The Morgan fingerprint density at radius 1 is 1.48 bits per heavy atom. The molecule has 166 valence electrons. The molecule has 1 fully saturated rings. The van der Waals surface area contributed by atoms with Crippen LogP contribution < -0.4 is 0 Å². The molecule has 1 aliphatic rings. The fourth-order valence-electron chi connectivity index (χ4n) is 3.11. The van der Waals surface area contributed by atoms with Crippen LogP contribution in [-0.2, 0) is 14.2 Å². The van der Waals surface area contributed by atoms with E-state index in [-0.39, 0.29) is 0 Å². The number of nitrogens with zero attached hydrogens (tertiary/aromatic N) is 6. The standard InChI is InChI=1S/C19H24N6O6/c1-11(2)30-18(28)29-8-19(7-20)16(27)14(26)15(31-19)12-5-6-13-17(22-10-24(3)4)21-9-23-25(12)13/h5-6,9-11,14-16,26-27H,8H2,1-4H3/b22-10-/t14-,15-,16-,19+/m0/s1. The van der Waals surface area contributed by atoms with E-state index in [2.05, 4.69) is 15.1 Å². The molecule has 3 rings (SSSR count). The lowest BCUT2D eigenvalue weighted by atomic mass is 9.96. The number of hydrogen-bond donors (Lipinski definition) is 2. The number of aliphatic hydroxyl groups excluding tert-OH is 2. The van der Waals surface area contributed by atoms with E-state index in [0.717, 1.165) is 0 Å². The third kappa shape index (κ3) is 4.43. The summed E-state index contributed by atoms with van der Waals surface area (Å²) in [5.41, 5.74) is -1.08. The van der Waals surface area contributed by atoms with Gasteiger partial charge >= 0.3 is 6.16 Å². The summed E-state index contributed by atoms with van der Waals surface area (Å²) >= 11 is 0. The van der Waals surface area contributed by atoms with Crippen molar-refractivity contribution < 1.29 is 29.2 Å². The SMILES string of the molecule is CC(C)OC(=O)OC[C@@]1(C#N)O[C@@H](c2ccc3c(/N=C\N(C)C)ncnn23)[C@H](O)[C@@H]1O. The summed E-state index contributed by atoms with van der Waals surface area (Å²) in [6, 6.07) is 5.12. The molecule has 0 aromatic carbocycles. The van der Waals surface area contributed by atoms with Crippen molar-refractivity contribution in [2.75, 3.05) is 20.7 Å². The first-order chi connectivity index (χ1) is 14.7. The van der Waals surface area contributed by atoms with Gasteiger partial charge in [0.25, 0.3) is 0 Å². The molecule has 1 aliphatic heterocycles. The highest BCUT2D eigenvalue weighted by atomic mass is 16.7. The first-order valence-electron chi connectivity index (χ1n) is 9.50. The molecule has 4 atom stereocenters. The molecule has 0 bridgehead atoms. The van der Waals surface area contributed by atoms with Gasteiger partial charge in [-0.25, -0.2) is 19.3 Å². The zero-order chi connectivity index (χ0) is 22.8. The highest BCUT2D eigenvalue weighted by Crippen LogP contribution is 2.41. The highest BCUT2D eigenvalue weighted by Gasteiger charge is 2.57. The molecule has 2 aromatic rings. The van der Waals surface area contributed by atoms with Crippen LogP contribution in [0.5, 0.6) is 0 Å². The van der Waals surface area contributed by atoms with Gasteiger partial charge in [-0.3, -0.25) is 0 Å². The summed E-state index contributed by atoms with van der Waals surface area (Å²) in [5.74, 6) is 0.384. The average molecular weight is 432 g/mol. The number of fused-ring (bicyclic) bond motifs is 1. The van der Waals surface area contributed by atoms with E-state index in [0.29, 0.717) is 17.0 Å². The van der Waals surface area contributed by atoms with Gasteiger partial charge in [-0.2, -0.15) is 10.4 Å². The van der Waals surface area contributed by atoms with Crippen LogP contribution >= 0.6 is 0 Å². The molecule has 12 nitrogen and oxygen atoms in total. The van der Waals surface area contributed by atoms with Crippen LogP contribution in [0.15, 0.2) is 23.5 Å². The van der Waals surface area contributed by atoms with Crippen LogP contribution in [0, 0.1) is 11.3 Å². The maximum atomic E-state index is 11.7. The molecule has 12 heteroatoms. The van der Waals surface area contributed by atoms with Gasteiger partial charge in [-0.05, 0) is 26.0 Å². The smallest absolute Gasteiger partial charge is 0.432 e. The number of aromatic nitrogens is 3. The van der Waals surface area contributed by atoms with Crippen LogP contribution in [0.1, 0.15) is 25.6 Å². The van der Waals surface area contributed by atoms with Gasteiger partial charge in [0.2, 0.25) is 5.60 Å². The van der Waals surface area contributed by atoms with E-state index >= 15 is 0 Å². The molecule has 2 N–H and O–H groups in total. The van der Waals surface area contributed by atoms with E-state index in [1.807, 2.05) is 20.2 Å². The molecule has 1 saturated heterocycles. The van der Waals surface area contributed by atoms with Crippen LogP contribution in [0.25, 0.3) is 5.52 Å². The van der Waals surface area contributed by atoms with Gasteiger partial charge in [0.15, 0.2) is 5.82 Å². The van der Waals surface area contributed by atoms with Crippen molar-refractivity contribution in [1.29, 1.82) is 5.26 Å². The quantitative estimate of drug-likeness (QED) is 0.376. The first kappa shape index (κ1) is 22.4. The highest BCUT2D eigenvalue weighted by molar-refractivity contribution is 5.71. The monoisotopic (exact) mass is 432 g/mol. The van der Waals surface area contributed by atoms with Gasteiger partial charge in [-0.1, -0.05) is 0 Å². The number of aliphatic imine (C=N–C) groups is 1. The number of ether oxygens (including phenoxy) is 3. The number of carbonyl (C=O) groups excluding carboxylic acids is 1. The first-order valence-corrected chi connectivity index (χ1v) is 9.50. The van der Waals surface area contributed by atoms with E-state index in [1.165, 1.54) is 10.8 Å². The Hall–Kier alpha value is -3.27. The van der Waals surface area contributed by atoms with E-state index in [1.54, 1.807) is 37.2 Å². The largest absolute Gasteiger partial charge is 0.508 e. The lowest BCUT2D eigenvalue weighted by molar-refractivity contribution is -0.0877. The predicted octanol–water partition coefficient (Wildman–Crippen LogP) is 0.568. The third-order valence-corrected chi connectivity index (χ3v) is 4.54. The van der Waals surface area contributed by atoms with Crippen molar-refractivity contribution in [3.8, 4) is 6.07 Å². The number of hydrogen-bond acceptors (Lipinski definition) is 10. The average Bonchev–Trinajstić information content (AvgIpc) is 3.25. The van der Waals surface area contributed by atoms with Crippen molar-refractivity contribution in [1.82, 2.24) is 19.5 Å². The minimum Gasteiger partial charge on any atom is -0.432 e. The number of nitriles is 1. The van der Waals surface area contributed by atoms with Crippen LogP contribution in [-0.4, -0.2) is 86.8 Å². The van der Waals surface area contributed by atoms with E-state index in [4.69, 9.17) is 14.2 Å². The summed E-state index contributed by atoms with van der Waals surface area (Å²) in [6.45, 7) is 2.65. The lowest BCUT2D eigenvalue weighted by Crippen LogP contribution is -2.46. The van der Waals surface area contributed by atoms with Crippen molar-refractivity contribution >= 4 is 23.8 Å². The zero-order valence-corrected chi connectivity index (χ0v) is 17.5. The minimum atomic E-state index is -1.98. The molecule has 3 heterocycles. The summed E-state index contributed by atoms with van der Waals surface area (Å²) in [6.07, 6.45) is -2.81. The topological polar surface area (TPSA) is 155 Å². The van der Waals surface area contributed by atoms with Crippen molar-refractivity contribution in [3.63, 3.8) is 0 Å². The molecule has 0 unspecified atom stereocenters. The fourth-order valence-corrected chi connectivity index (χ4v) is 3.11. The summed E-state index contributed by atoms with van der Waals surface area (Å²) in [5, 5.41) is 35.0. The molecule has 2 aromatic heterocycles. The number of rotatable bonds is 6. The second kappa shape index (κ2) is 8.84. The molecule has 0 spiro atoms. The van der Waals surface area contributed by atoms with Crippen molar-refractivity contribution in [2.45, 2.75) is 43.9 Å². The zero-order valence-electron chi connectivity index (χ0n) is 17.5. The Labute approximate surface area is 178 Å². The van der Waals surface area contributed by atoms with Crippen molar-refractivity contribution in [3.05, 3.63) is 24.2 Å². The fraction of sp³-hybridized carbons (Fsp3) is 0.526. The third-order valence-electron chi connectivity index (χ3n) is 4.54. The Morgan fingerprint density at radius 3 is 2.87 bits per heavy atom. The Morgan fingerprint density at radius 2 is 2.23 bits per heavy atom. The minimum absolute atomic E-state index is 0.368.